The summed E-state index contributed by atoms with van der Waals surface area (Å²) < 4.78 is 0.917. The first-order valence-electron chi connectivity index (χ1n) is 7.99. The van der Waals surface area contributed by atoms with Gasteiger partial charge in [-0.2, -0.15) is 10.4 Å². The second-order valence-corrected chi connectivity index (χ2v) is 5.40. The third-order valence-corrected chi connectivity index (χ3v) is 3.81. The molecule has 0 radical (unpaired) electrons. The number of aryl methyl sites for hydroxylation is 1. The number of nitriles is 1. The van der Waals surface area contributed by atoms with Gasteiger partial charge >= 0.3 is 0 Å². The van der Waals surface area contributed by atoms with E-state index in [1.807, 2.05) is 19.9 Å². The van der Waals surface area contributed by atoms with Gasteiger partial charge < -0.3 is 5.32 Å². The van der Waals surface area contributed by atoms with Gasteiger partial charge in [-0.25, -0.2) is 4.68 Å². The van der Waals surface area contributed by atoms with Gasteiger partial charge in [-0.15, -0.1) is 0 Å². The molecule has 2 rings (SSSR count). The largest absolute Gasteiger partial charge is 0.319 e. The highest BCUT2D eigenvalue weighted by Gasteiger charge is 2.19. The number of nitro benzene ring substituents is 1. The molecule has 134 valence electrons. The highest BCUT2D eigenvalue weighted by molar-refractivity contribution is 5.92. The van der Waals surface area contributed by atoms with E-state index in [0.717, 1.165) is 4.68 Å². The van der Waals surface area contributed by atoms with Gasteiger partial charge in [-0.3, -0.25) is 19.7 Å². The molecule has 0 spiro atoms. The van der Waals surface area contributed by atoms with E-state index in [1.54, 1.807) is 6.07 Å². The van der Waals surface area contributed by atoms with Crippen molar-refractivity contribution >= 4 is 17.3 Å². The topological polar surface area (TPSA) is 131 Å². The van der Waals surface area contributed by atoms with Crippen LogP contribution in [-0.4, -0.2) is 20.6 Å². The maximum atomic E-state index is 12.4. The van der Waals surface area contributed by atoms with Gasteiger partial charge in [0.1, 0.15) is 23.9 Å². The molecule has 0 unspecified atom stereocenters. The lowest BCUT2D eigenvalue weighted by Gasteiger charge is -2.12. The van der Waals surface area contributed by atoms with Crippen LogP contribution in [0.5, 0.6) is 0 Å². The van der Waals surface area contributed by atoms with Crippen molar-refractivity contribution in [3.05, 3.63) is 61.6 Å². The Kier molecular flexibility index (Phi) is 5.80. The number of carbonyl (C=O) groups is 1. The van der Waals surface area contributed by atoms with Gasteiger partial charge in [-0.1, -0.05) is 26.0 Å². The Balaban J connectivity index is 2.35. The van der Waals surface area contributed by atoms with Crippen molar-refractivity contribution in [3.63, 3.8) is 0 Å². The van der Waals surface area contributed by atoms with Gasteiger partial charge in [0.25, 0.3) is 11.2 Å². The Morgan fingerprint density at radius 1 is 1.35 bits per heavy atom. The molecule has 1 heterocycles. The summed E-state index contributed by atoms with van der Waals surface area (Å²) in [7, 11) is 0. The second-order valence-electron chi connectivity index (χ2n) is 5.40. The summed E-state index contributed by atoms with van der Waals surface area (Å²) in [5, 5.41) is 26.9. The highest BCUT2D eigenvalue weighted by Crippen LogP contribution is 2.23. The molecule has 1 aromatic heterocycles. The fourth-order valence-corrected chi connectivity index (χ4v) is 2.61. The third kappa shape index (κ3) is 3.75. The first kappa shape index (κ1) is 18.8. The fourth-order valence-electron chi connectivity index (χ4n) is 2.61. The summed E-state index contributed by atoms with van der Waals surface area (Å²) in [4.78, 5) is 35.0. The van der Waals surface area contributed by atoms with Crippen LogP contribution in [0.15, 0.2) is 29.1 Å². The van der Waals surface area contributed by atoms with E-state index >= 15 is 0 Å². The number of nitro groups is 1. The molecule has 26 heavy (non-hydrogen) atoms. The summed E-state index contributed by atoms with van der Waals surface area (Å²) in [5.41, 5.74) is 0.237. The molecule has 1 N–H and O–H groups in total. The lowest BCUT2D eigenvalue weighted by molar-refractivity contribution is -0.383. The van der Waals surface area contributed by atoms with E-state index in [-0.39, 0.29) is 16.9 Å². The summed E-state index contributed by atoms with van der Waals surface area (Å²) in [5.74, 6) is -0.649. The van der Waals surface area contributed by atoms with Gasteiger partial charge in [-0.05, 0) is 24.5 Å². The second kappa shape index (κ2) is 8.02. The number of hydrogen-bond donors (Lipinski definition) is 1. The van der Waals surface area contributed by atoms with Crippen LogP contribution in [0, 0.1) is 21.4 Å². The lowest BCUT2D eigenvalue weighted by Crippen LogP contribution is -2.33. The van der Waals surface area contributed by atoms with Crippen molar-refractivity contribution < 1.29 is 9.72 Å². The zero-order valence-corrected chi connectivity index (χ0v) is 14.4. The Morgan fingerprint density at radius 2 is 2.04 bits per heavy atom. The Labute approximate surface area is 149 Å². The molecule has 0 aliphatic heterocycles. The quantitative estimate of drug-likeness (QED) is 0.621. The Bertz CT molecular complexity index is 959. The number of hydrogen-bond acceptors (Lipinski definition) is 6. The zero-order chi connectivity index (χ0) is 19.3. The van der Waals surface area contributed by atoms with Gasteiger partial charge in [0.2, 0.25) is 5.91 Å². The highest BCUT2D eigenvalue weighted by atomic mass is 16.6. The SMILES string of the molecule is CCc1nn(CC(=O)Nc2ccccc2[N+](=O)[O-])c(=O)c(C#N)c1CC. The molecule has 0 bridgehead atoms. The lowest BCUT2D eigenvalue weighted by atomic mass is 10.0. The van der Waals surface area contributed by atoms with Crippen molar-refractivity contribution in [1.82, 2.24) is 9.78 Å². The van der Waals surface area contributed by atoms with Crippen LogP contribution in [0.1, 0.15) is 30.7 Å². The molecule has 1 aromatic carbocycles. The summed E-state index contributed by atoms with van der Waals surface area (Å²) in [6, 6.07) is 7.57. The van der Waals surface area contributed by atoms with Gasteiger partial charge in [0, 0.05) is 6.07 Å². The molecule has 0 saturated heterocycles. The molecular formula is C17H17N5O4. The molecule has 1 amide bonds. The van der Waals surface area contributed by atoms with Gasteiger partial charge in [0.05, 0.1) is 10.6 Å². The number of rotatable bonds is 6. The van der Waals surface area contributed by atoms with Crippen molar-refractivity contribution in [2.45, 2.75) is 33.2 Å². The van der Waals surface area contributed by atoms with E-state index in [0.29, 0.717) is 24.1 Å². The fraction of sp³-hybridized carbons (Fsp3) is 0.294. The predicted octanol–water partition coefficient (Wildman–Crippen LogP) is 1.79. The number of benzene rings is 1. The number of aromatic nitrogens is 2. The summed E-state index contributed by atoms with van der Waals surface area (Å²) in [6.45, 7) is 3.21. The normalized spacial score (nSPS) is 10.2. The number of nitrogens with one attached hydrogen (secondary N) is 1. The van der Waals surface area contributed by atoms with Gasteiger partial charge in [0.15, 0.2) is 0 Å². The number of carbonyl (C=O) groups excluding carboxylic acids is 1. The molecule has 0 fully saturated rings. The van der Waals surface area contributed by atoms with E-state index in [2.05, 4.69) is 10.4 Å². The summed E-state index contributed by atoms with van der Waals surface area (Å²) in [6.07, 6.45) is 0.988. The molecule has 0 saturated carbocycles. The van der Waals surface area contributed by atoms with Crippen LogP contribution < -0.4 is 10.9 Å². The number of amides is 1. The van der Waals surface area contributed by atoms with E-state index in [1.165, 1.54) is 18.2 Å². The molecule has 2 aromatic rings. The maximum Gasteiger partial charge on any atom is 0.292 e. The van der Waals surface area contributed by atoms with Crippen molar-refractivity contribution in [1.29, 1.82) is 5.26 Å². The standard InChI is InChI=1S/C17H17N5O4/c1-3-11-12(9-18)17(24)21(20-13(11)4-2)10-16(23)19-14-7-5-6-8-15(14)22(25)26/h5-8H,3-4,10H2,1-2H3,(H,19,23). The van der Waals surface area contributed by atoms with Crippen LogP contribution in [-0.2, 0) is 24.2 Å². The number of anilines is 1. The average molecular weight is 355 g/mol. The molecular weight excluding hydrogens is 338 g/mol. The van der Waals surface area contributed by atoms with Crippen LogP contribution in [0.4, 0.5) is 11.4 Å². The van der Waals surface area contributed by atoms with E-state index in [9.17, 15) is 25.0 Å². The molecule has 9 heteroatoms. The van der Waals surface area contributed by atoms with Crippen LogP contribution in [0.25, 0.3) is 0 Å². The molecule has 9 nitrogen and oxygen atoms in total. The van der Waals surface area contributed by atoms with Crippen molar-refractivity contribution in [2.75, 3.05) is 5.32 Å². The van der Waals surface area contributed by atoms with Crippen LogP contribution >= 0.6 is 0 Å². The minimum absolute atomic E-state index is 0.0250. The van der Waals surface area contributed by atoms with E-state index < -0.39 is 22.9 Å². The first-order chi connectivity index (χ1) is 12.4. The van der Waals surface area contributed by atoms with Crippen molar-refractivity contribution in [3.8, 4) is 6.07 Å². The molecule has 0 aliphatic rings. The van der Waals surface area contributed by atoms with Crippen LogP contribution in [0.3, 0.4) is 0 Å². The monoisotopic (exact) mass is 355 g/mol. The zero-order valence-electron chi connectivity index (χ0n) is 14.4. The minimum atomic E-state index is -0.653. The van der Waals surface area contributed by atoms with E-state index in [4.69, 9.17) is 0 Å². The minimum Gasteiger partial charge on any atom is -0.319 e. The predicted molar refractivity (Wildman–Crippen MR) is 93.7 cm³/mol. The third-order valence-electron chi connectivity index (χ3n) is 3.81. The van der Waals surface area contributed by atoms with Crippen LogP contribution in [0.2, 0.25) is 0 Å². The average Bonchev–Trinajstić information content (AvgIpc) is 2.62. The molecule has 0 atom stereocenters. The van der Waals surface area contributed by atoms with Crippen molar-refractivity contribution in [2.24, 2.45) is 0 Å². The first-order valence-corrected chi connectivity index (χ1v) is 7.99. The summed E-state index contributed by atoms with van der Waals surface area (Å²) >= 11 is 0. The number of nitrogens with zero attached hydrogens (tertiary/aromatic N) is 4. The maximum absolute atomic E-state index is 12.4. The Morgan fingerprint density at radius 3 is 2.62 bits per heavy atom. The molecule has 0 aliphatic carbocycles. The number of para-hydroxylation sites is 2. The smallest absolute Gasteiger partial charge is 0.292 e. The Hall–Kier alpha value is -3.54.